The number of hydrogen-bond donors (Lipinski definition) is 1. The number of nitrogens with zero attached hydrogens (tertiary/aromatic N) is 7. The number of fused-ring (bicyclic) bond motifs is 1. The molecule has 13 heteroatoms. The van der Waals surface area contributed by atoms with Gasteiger partial charge in [-0.1, -0.05) is 6.07 Å². The minimum absolute atomic E-state index is 0.0848. The summed E-state index contributed by atoms with van der Waals surface area (Å²) in [6.07, 6.45) is 6.51. The first-order valence-electron chi connectivity index (χ1n) is 11.8. The number of ether oxygens (including phenoxy) is 2. The molecule has 194 valence electrons. The Hall–Kier alpha value is -2.99. The van der Waals surface area contributed by atoms with Crippen molar-refractivity contribution in [1.82, 2.24) is 34.0 Å². The average Bonchev–Trinajstić information content (AvgIpc) is 3.61. The van der Waals surface area contributed by atoms with E-state index in [1.54, 1.807) is 28.9 Å². The first-order valence-corrected chi connectivity index (χ1v) is 15.9. The van der Waals surface area contributed by atoms with Crippen molar-refractivity contribution < 1.29 is 14.3 Å². The molecule has 1 aliphatic heterocycles. The summed E-state index contributed by atoms with van der Waals surface area (Å²) in [6.45, 7) is 6.82. The molecule has 4 aromatic heterocycles. The molecule has 4 aromatic rings. The molecule has 2 atom stereocenters. The molecule has 2 unspecified atom stereocenters. The lowest BCUT2D eigenvalue weighted by molar-refractivity contribution is 0.0293. The highest BCUT2D eigenvalue weighted by Gasteiger charge is 2.30. The Morgan fingerprint density at radius 3 is 2.84 bits per heavy atom. The maximum absolute atomic E-state index is 12.4. The molecule has 1 fully saturated rings. The van der Waals surface area contributed by atoms with Crippen LogP contribution in [0, 0.1) is 0 Å². The zero-order valence-electron chi connectivity index (χ0n) is 21.0. The molecule has 1 saturated heterocycles. The maximum Gasteiger partial charge on any atom is 0.410 e. The summed E-state index contributed by atoms with van der Waals surface area (Å²) >= 11 is 2.28. The number of nitrogens with one attached hydrogen (secondary N) is 1. The number of likely N-dealkylation sites (tertiary alicyclic amines) is 1. The molecule has 0 radical (unpaired) electrons. The van der Waals surface area contributed by atoms with Gasteiger partial charge in [0.2, 0.25) is 0 Å². The van der Waals surface area contributed by atoms with Gasteiger partial charge in [0.25, 0.3) is 0 Å². The summed E-state index contributed by atoms with van der Waals surface area (Å²) in [5, 5.41) is 12.7. The normalized spacial score (nSPS) is 16.1. The standard InChI is InChI=1S/C24H28IN8O3P/c1-24(2,3)36-23(34)31-9-8-16(14-31)28-20-7-5-6-17(29-20)18-12-26-21-10-19(35-4)22(30-33(18)21)15-11-27-32(13-15)37-25/h5-7,10-13,16,37H,8-9,14H2,1-4H3,(H,28,29). The molecule has 0 saturated carbocycles. The van der Waals surface area contributed by atoms with Gasteiger partial charge in [0.05, 0.1) is 31.6 Å². The van der Waals surface area contributed by atoms with E-state index in [1.165, 1.54) is 0 Å². The lowest BCUT2D eigenvalue weighted by Gasteiger charge is -2.24. The lowest BCUT2D eigenvalue weighted by Crippen LogP contribution is -2.36. The van der Waals surface area contributed by atoms with Gasteiger partial charge >= 0.3 is 6.09 Å². The van der Waals surface area contributed by atoms with Crippen LogP contribution in [0.2, 0.25) is 0 Å². The molecule has 5 rings (SSSR count). The number of carbonyl (C=O) groups is 1. The van der Waals surface area contributed by atoms with Crippen LogP contribution in [-0.4, -0.2) is 72.0 Å². The second-order valence-corrected chi connectivity index (χ2v) is 11.8. The van der Waals surface area contributed by atoms with Crippen LogP contribution in [0.25, 0.3) is 28.3 Å². The molecule has 0 aliphatic carbocycles. The van der Waals surface area contributed by atoms with E-state index in [4.69, 9.17) is 19.6 Å². The number of anilines is 1. The van der Waals surface area contributed by atoms with Gasteiger partial charge in [-0.25, -0.2) is 23.7 Å². The Kier molecular flexibility index (Phi) is 7.21. The number of aromatic nitrogens is 6. The Labute approximate surface area is 229 Å². The Morgan fingerprint density at radius 1 is 1.27 bits per heavy atom. The van der Waals surface area contributed by atoms with Gasteiger partial charge in [0.15, 0.2) is 11.4 Å². The van der Waals surface area contributed by atoms with E-state index >= 15 is 0 Å². The fraction of sp³-hybridized carbons (Fsp3) is 0.375. The topological polar surface area (TPSA) is 112 Å². The van der Waals surface area contributed by atoms with Gasteiger partial charge in [0, 0.05) is 37.0 Å². The second kappa shape index (κ2) is 10.4. The van der Waals surface area contributed by atoms with Gasteiger partial charge in [-0.05, 0) is 61.4 Å². The Bertz CT molecular complexity index is 1430. The first kappa shape index (κ1) is 25.7. The molecule has 0 spiro atoms. The molecule has 37 heavy (non-hydrogen) atoms. The Morgan fingerprint density at radius 2 is 2.11 bits per heavy atom. The van der Waals surface area contributed by atoms with Crippen molar-refractivity contribution in [2.45, 2.75) is 38.8 Å². The highest BCUT2D eigenvalue weighted by molar-refractivity contribution is 14.2. The number of carbonyl (C=O) groups excluding carboxylic acids is 1. The Balaban J connectivity index is 1.38. The van der Waals surface area contributed by atoms with E-state index in [0.717, 1.165) is 29.2 Å². The van der Waals surface area contributed by atoms with Crippen LogP contribution in [0.1, 0.15) is 27.2 Å². The summed E-state index contributed by atoms with van der Waals surface area (Å²) in [5.41, 5.74) is 3.17. The van der Waals surface area contributed by atoms with E-state index in [-0.39, 0.29) is 12.1 Å². The smallest absolute Gasteiger partial charge is 0.410 e. The van der Waals surface area contributed by atoms with Crippen molar-refractivity contribution >= 4 is 46.0 Å². The van der Waals surface area contributed by atoms with Crippen molar-refractivity contribution in [2.24, 2.45) is 0 Å². The van der Waals surface area contributed by atoms with Gasteiger partial charge < -0.3 is 19.7 Å². The van der Waals surface area contributed by atoms with Crippen LogP contribution in [-0.2, 0) is 4.74 Å². The maximum atomic E-state index is 12.4. The van der Waals surface area contributed by atoms with Crippen LogP contribution in [0.5, 0.6) is 5.75 Å². The van der Waals surface area contributed by atoms with E-state index < -0.39 is 5.60 Å². The van der Waals surface area contributed by atoms with Gasteiger partial charge in [0.1, 0.15) is 22.8 Å². The predicted molar refractivity (Wildman–Crippen MR) is 152 cm³/mol. The lowest BCUT2D eigenvalue weighted by atomic mass is 10.2. The summed E-state index contributed by atoms with van der Waals surface area (Å²) in [5.74, 6) is 1.35. The van der Waals surface area contributed by atoms with Crippen molar-refractivity contribution in [3.63, 3.8) is 0 Å². The quantitative estimate of drug-likeness (QED) is 0.236. The summed E-state index contributed by atoms with van der Waals surface area (Å²) < 4.78 is 14.7. The molecular weight excluding hydrogens is 606 g/mol. The molecule has 0 bridgehead atoms. The third-order valence-electron chi connectivity index (χ3n) is 5.82. The number of hydrogen-bond acceptors (Lipinski definition) is 8. The fourth-order valence-electron chi connectivity index (χ4n) is 4.16. The second-order valence-electron chi connectivity index (χ2n) is 9.70. The van der Waals surface area contributed by atoms with Crippen LogP contribution in [0.15, 0.2) is 42.9 Å². The predicted octanol–water partition coefficient (Wildman–Crippen LogP) is 4.88. The average molecular weight is 634 g/mol. The van der Waals surface area contributed by atoms with Gasteiger partial charge in [-0.15, -0.1) is 0 Å². The highest BCUT2D eigenvalue weighted by atomic mass is 127. The van der Waals surface area contributed by atoms with Gasteiger partial charge in [-0.2, -0.15) is 10.2 Å². The number of imidazole rings is 1. The SMILES string of the molecule is COc1cc2ncc(-c3cccc(NC4CCN(C(=O)OC(C)(C)C)C4)n3)n2nc1-c1cnn(PI)c1. The molecule has 11 nitrogen and oxygen atoms in total. The molecule has 1 aliphatic rings. The van der Waals surface area contributed by atoms with E-state index in [2.05, 4.69) is 37.4 Å². The summed E-state index contributed by atoms with van der Waals surface area (Å²) in [6, 6.07) is 7.74. The molecule has 1 amide bonds. The van der Waals surface area contributed by atoms with Crippen LogP contribution in [0.3, 0.4) is 0 Å². The van der Waals surface area contributed by atoms with Gasteiger partial charge in [-0.3, -0.25) is 0 Å². The van der Waals surface area contributed by atoms with Crippen molar-refractivity contribution in [1.29, 1.82) is 0 Å². The summed E-state index contributed by atoms with van der Waals surface area (Å²) in [4.78, 5) is 23.5. The van der Waals surface area contributed by atoms with Crippen molar-refractivity contribution in [2.75, 3.05) is 25.5 Å². The first-order chi connectivity index (χ1) is 17.7. The molecule has 0 aromatic carbocycles. The van der Waals surface area contributed by atoms with Crippen LogP contribution >= 0.6 is 28.4 Å². The van der Waals surface area contributed by atoms with Crippen LogP contribution < -0.4 is 10.1 Å². The summed E-state index contributed by atoms with van der Waals surface area (Å²) in [7, 11) is 1.62. The zero-order chi connectivity index (χ0) is 26.2. The minimum atomic E-state index is -0.513. The molecule has 5 heterocycles. The number of halogens is 1. The van der Waals surface area contributed by atoms with E-state index in [1.807, 2.05) is 55.7 Å². The van der Waals surface area contributed by atoms with Crippen molar-refractivity contribution in [3.05, 3.63) is 42.9 Å². The zero-order valence-corrected chi connectivity index (χ0v) is 24.1. The number of methoxy groups -OCH3 is 1. The monoisotopic (exact) mass is 634 g/mol. The minimum Gasteiger partial charge on any atom is -0.494 e. The molecule has 1 N–H and O–H groups in total. The van der Waals surface area contributed by atoms with E-state index in [0.29, 0.717) is 36.6 Å². The number of pyridine rings is 1. The highest BCUT2D eigenvalue weighted by Crippen LogP contribution is 2.32. The third kappa shape index (κ3) is 5.64. The fourth-order valence-corrected chi connectivity index (χ4v) is 5.24. The van der Waals surface area contributed by atoms with Crippen LogP contribution in [0.4, 0.5) is 10.6 Å². The number of rotatable bonds is 6. The number of amides is 1. The van der Waals surface area contributed by atoms with E-state index in [9.17, 15) is 4.79 Å². The third-order valence-corrected chi connectivity index (χ3v) is 7.72. The molecular formula is C24H28IN8O3P. The van der Waals surface area contributed by atoms with Crippen molar-refractivity contribution in [3.8, 4) is 28.4 Å². The largest absolute Gasteiger partial charge is 0.494 e.